The van der Waals surface area contributed by atoms with Crippen molar-refractivity contribution in [2.75, 3.05) is 50.3 Å². The Morgan fingerprint density at radius 2 is 0.464 bits per heavy atom. The zero-order valence-corrected chi connectivity index (χ0v) is 54.8. The summed E-state index contributed by atoms with van der Waals surface area (Å²) in [5, 5.41) is 6.31. The summed E-state index contributed by atoms with van der Waals surface area (Å²) >= 11 is 0. The molecule has 0 aliphatic heterocycles. The van der Waals surface area contributed by atoms with Crippen molar-refractivity contribution in [1.29, 1.82) is 0 Å². The molecule has 10 heteroatoms. The van der Waals surface area contributed by atoms with Gasteiger partial charge in [-0.3, -0.25) is 9.59 Å². The SMILES string of the molecule is CCCCCCCCCOc1cc(C(=O)Nc2ccccc2NC(=O)c2cc(OCCCCCCCCC)c(OCCCCCCCCC)c(OCCCCCCCCC)c2)cc(OCCCCCCCCC)c1OCCCCCCCCC. The highest BCUT2D eigenvalue weighted by Crippen LogP contribution is 2.42. The Labute approximate surface area is 514 Å². The molecule has 0 aliphatic carbocycles. The van der Waals surface area contributed by atoms with Crippen LogP contribution in [0.4, 0.5) is 11.4 Å². The molecule has 3 rings (SSSR count). The minimum absolute atomic E-state index is 0.346. The number of hydrogen-bond acceptors (Lipinski definition) is 8. The van der Waals surface area contributed by atoms with Crippen molar-refractivity contribution in [1.82, 2.24) is 0 Å². The molecule has 0 heterocycles. The molecular formula is C74H124N2O8. The maximum atomic E-state index is 14.7. The summed E-state index contributed by atoms with van der Waals surface area (Å²) in [5.74, 6) is 2.55. The highest BCUT2D eigenvalue weighted by Gasteiger charge is 2.23. The van der Waals surface area contributed by atoms with Crippen LogP contribution in [0.15, 0.2) is 48.5 Å². The molecule has 0 unspecified atom stereocenters. The number of anilines is 2. The van der Waals surface area contributed by atoms with Gasteiger partial charge >= 0.3 is 0 Å². The Hall–Kier alpha value is -4.60. The van der Waals surface area contributed by atoms with Crippen molar-refractivity contribution in [3.05, 3.63) is 59.7 Å². The summed E-state index contributed by atoms with van der Waals surface area (Å²) in [6.45, 7) is 16.7. The number of carbonyl (C=O) groups excluding carboxylic acids is 2. The predicted octanol–water partition coefficient (Wildman–Crippen LogP) is 23.0. The van der Waals surface area contributed by atoms with E-state index in [0.29, 0.717) is 96.6 Å². The topological polar surface area (TPSA) is 114 Å². The Morgan fingerprint density at radius 3 is 0.679 bits per heavy atom. The number of ether oxygens (including phenoxy) is 6. The van der Waals surface area contributed by atoms with Crippen LogP contribution in [-0.2, 0) is 0 Å². The molecule has 2 N–H and O–H groups in total. The largest absolute Gasteiger partial charge is 0.490 e. The third-order valence-electron chi connectivity index (χ3n) is 16.0. The predicted molar refractivity (Wildman–Crippen MR) is 356 cm³/mol. The van der Waals surface area contributed by atoms with Crippen LogP contribution in [0.3, 0.4) is 0 Å². The van der Waals surface area contributed by atoms with E-state index >= 15 is 0 Å². The number of hydrogen-bond donors (Lipinski definition) is 2. The zero-order chi connectivity index (χ0) is 60.2. The Balaban J connectivity index is 1.96. The maximum Gasteiger partial charge on any atom is 0.255 e. The van der Waals surface area contributed by atoms with Crippen LogP contribution in [0.5, 0.6) is 34.5 Å². The van der Waals surface area contributed by atoms with Crippen molar-refractivity contribution >= 4 is 23.2 Å². The van der Waals surface area contributed by atoms with Crippen molar-refractivity contribution < 1.29 is 38.0 Å². The summed E-state index contributed by atoms with van der Waals surface area (Å²) in [4.78, 5) is 29.3. The summed E-state index contributed by atoms with van der Waals surface area (Å²) < 4.78 is 39.6. The zero-order valence-electron chi connectivity index (χ0n) is 54.8. The number of unbranched alkanes of at least 4 members (excludes halogenated alkanes) is 36. The summed E-state index contributed by atoms with van der Waals surface area (Å²) in [7, 11) is 0. The smallest absolute Gasteiger partial charge is 0.255 e. The van der Waals surface area contributed by atoms with Gasteiger partial charge in [-0.05, 0) is 74.9 Å². The van der Waals surface area contributed by atoms with E-state index in [1.807, 2.05) is 24.3 Å². The Kier molecular flexibility index (Phi) is 45.3. The van der Waals surface area contributed by atoms with Crippen molar-refractivity contribution in [2.24, 2.45) is 0 Å². The highest BCUT2D eigenvalue weighted by molar-refractivity contribution is 6.10. The fourth-order valence-electron chi connectivity index (χ4n) is 10.7. The van der Waals surface area contributed by atoms with Gasteiger partial charge in [0.25, 0.3) is 11.8 Å². The monoisotopic (exact) mass is 1170 g/mol. The number of amides is 2. The summed E-state index contributed by atoms with van der Waals surface area (Å²) in [5.41, 5.74) is 1.71. The van der Waals surface area contributed by atoms with Crippen LogP contribution in [0, 0.1) is 0 Å². The number of carbonyl (C=O) groups is 2. The molecule has 84 heavy (non-hydrogen) atoms. The standard InChI is InChI=1S/C74H124N2O8/c1-7-13-19-25-31-37-45-53-79-67-59-63(60-68(80-54-46-38-32-26-20-14-8-2)71(67)83-57-49-41-35-29-23-17-11-5)73(77)75-65-51-43-44-52-66(65)76-74(78)64-61-69(81-55-47-39-33-27-21-15-9-3)72(84-58-50-42-36-30-24-18-12-6)70(62-64)82-56-48-40-34-28-22-16-10-4/h43-44,51-52,59-62H,7-42,45-50,53-58H2,1-6H3,(H,75,77)(H,76,78). The molecule has 478 valence electrons. The van der Waals surface area contributed by atoms with Crippen LogP contribution in [0.25, 0.3) is 0 Å². The average Bonchev–Trinajstić information content (AvgIpc) is 3.70. The first-order valence-corrected chi connectivity index (χ1v) is 35.2. The van der Waals surface area contributed by atoms with Crippen molar-refractivity contribution in [3.8, 4) is 34.5 Å². The maximum absolute atomic E-state index is 14.7. The minimum atomic E-state index is -0.346. The molecule has 2 amide bonds. The van der Waals surface area contributed by atoms with Gasteiger partial charge in [0, 0.05) is 11.1 Å². The van der Waals surface area contributed by atoms with E-state index in [9.17, 15) is 9.59 Å². The molecule has 0 radical (unpaired) electrons. The second kappa shape index (κ2) is 51.6. The molecule has 0 spiro atoms. The van der Waals surface area contributed by atoms with E-state index in [-0.39, 0.29) is 11.8 Å². The quantitative estimate of drug-likeness (QED) is 0.0538. The highest BCUT2D eigenvalue weighted by atomic mass is 16.5. The molecule has 0 aromatic heterocycles. The van der Waals surface area contributed by atoms with Gasteiger partial charge in [0.1, 0.15) is 0 Å². The van der Waals surface area contributed by atoms with E-state index in [0.717, 1.165) is 77.0 Å². The minimum Gasteiger partial charge on any atom is -0.490 e. The van der Waals surface area contributed by atoms with Crippen molar-refractivity contribution in [2.45, 2.75) is 311 Å². The first kappa shape index (κ1) is 73.7. The Bertz CT molecular complexity index is 1850. The Morgan fingerprint density at radius 1 is 0.274 bits per heavy atom. The molecule has 0 fully saturated rings. The van der Waals surface area contributed by atoms with Crippen LogP contribution in [0.1, 0.15) is 332 Å². The lowest BCUT2D eigenvalue weighted by atomic mass is 10.1. The average molecular weight is 1170 g/mol. The summed E-state index contributed by atoms with van der Waals surface area (Å²) in [6, 6.07) is 14.6. The lowest BCUT2D eigenvalue weighted by molar-refractivity contribution is 0.101. The second-order valence-corrected chi connectivity index (χ2v) is 23.9. The third kappa shape index (κ3) is 34.5. The molecule has 0 saturated carbocycles. The van der Waals surface area contributed by atoms with E-state index in [1.54, 1.807) is 24.3 Å². The lowest BCUT2D eigenvalue weighted by Crippen LogP contribution is -2.18. The van der Waals surface area contributed by atoms with Gasteiger partial charge in [-0.1, -0.05) is 285 Å². The van der Waals surface area contributed by atoms with E-state index < -0.39 is 0 Å². The van der Waals surface area contributed by atoms with Gasteiger partial charge < -0.3 is 39.1 Å². The van der Waals surface area contributed by atoms with E-state index in [2.05, 4.69) is 52.2 Å². The molecule has 0 saturated heterocycles. The number of rotatable bonds is 58. The van der Waals surface area contributed by atoms with Crippen LogP contribution in [-0.4, -0.2) is 51.5 Å². The second-order valence-electron chi connectivity index (χ2n) is 23.9. The fraction of sp³-hybridized carbons (Fsp3) is 0.730. The molecule has 0 atom stereocenters. The number of para-hydroxylation sites is 2. The number of nitrogens with one attached hydrogen (secondary N) is 2. The molecule has 3 aromatic carbocycles. The third-order valence-corrected chi connectivity index (χ3v) is 16.0. The van der Waals surface area contributed by atoms with Gasteiger partial charge in [-0.15, -0.1) is 0 Å². The first-order chi connectivity index (χ1) is 41.4. The van der Waals surface area contributed by atoms with Crippen LogP contribution < -0.4 is 39.1 Å². The van der Waals surface area contributed by atoms with Gasteiger partial charge in [-0.25, -0.2) is 0 Å². The van der Waals surface area contributed by atoms with Crippen LogP contribution in [0.2, 0.25) is 0 Å². The van der Waals surface area contributed by atoms with E-state index in [1.165, 1.54) is 193 Å². The molecule has 0 bridgehead atoms. The van der Waals surface area contributed by atoms with Gasteiger partial charge in [0.05, 0.1) is 51.0 Å². The van der Waals surface area contributed by atoms with E-state index in [4.69, 9.17) is 28.4 Å². The fourth-order valence-corrected chi connectivity index (χ4v) is 10.7. The van der Waals surface area contributed by atoms with Gasteiger partial charge in [0.15, 0.2) is 23.0 Å². The van der Waals surface area contributed by atoms with Crippen LogP contribution >= 0.6 is 0 Å². The van der Waals surface area contributed by atoms with Gasteiger partial charge in [0.2, 0.25) is 11.5 Å². The number of benzene rings is 3. The molecule has 0 aliphatic rings. The molecule has 10 nitrogen and oxygen atoms in total. The molecular weight excluding hydrogens is 1040 g/mol. The normalized spacial score (nSPS) is 11.2. The summed E-state index contributed by atoms with van der Waals surface area (Å²) in [6.07, 6.45) is 49.3. The molecule has 3 aromatic rings. The van der Waals surface area contributed by atoms with Gasteiger partial charge in [-0.2, -0.15) is 0 Å². The lowest BCUT2D eigenvalue weighted by Gasteiger charge is -2.20. The first-order valence-electron chi connectivity index (χ1n) is 35.2. The van der Waals surface area contributed by atoms with Crippen molar-refractivity contribution in [3.63, 3.8) is 0 Å².